The minimum atomic E-state index is -3.73. The number of nitrogens with one attached hydrogen (secondary N) is 2. The highest BCUT2D eigenvalue weighted by atomic mass is 32.2. The van der Waals surface area contributed by atoms with E-state index in [-0.39, 0.29) is 16.8 Å². The van der Waals surface area contributed by atoms with E-state index in [4.69, 9.17) is 5.14 Å². The van der Waals surface area contributed by atoms with Gasteiger partial charge >= 0.3 is 6.03 Å². The third-order valence-corrected chi connectivity index (χ3v) is 6.94. The van der Waals surface area contributed by atoms with Gasteiger partial charge in [-0.15, -0.1) is 11.3 Å². The lowest BCUT2D eigenvalue weighted by atomic mass is 9.80. The van der Waals surface area contributed by atoms with Crippen LogP contribution in [-0.2, 0) is 16.6 Å². The van der Waals surface area contributed by atoms with Crippen LogP contribution in [-0.4, -0.2) is 21.0 Å². The number of hydrogen-bond acceptors (Lipinski definition) is 4. The first-order valence-electron chi connectivity index (χ1n) is 8.01. The fraction of sp³-hybridized carbons (Fsp3) is 0.667. The fourth-order valence-electron chi connectivity index (χ4n) is 3.14. The predicted octanol–water partition coefficient (Wildman–Crippen LogP) is 2.41. The van der Waals surface area contributed by atoms with E-state index in [1.165, 1.54) is 25.7 Å². The van der Waals surface area contributed by atoms with Crippen LogP contribution in [0.1, 0.15) is 44.6 Å². The van der Waals surface area contributed by atoms with E-state index in [0.29, 0.717) is 18.0 Å². The number of primary sulfonamides is 1. The molecule has 1 aromatic heterocycles. The van der Waals surface area contributed by atoms with Gasteiger partial charge in [-0.05, 0) is 36.1 Å². The predicted molar refractivity (Wildman–Crippen MR) is 91.7 cm³/mol. The molecule has 1 aromatic rings. The molecule has 0 aliphatic heterocycles. The highest BCUT2D eigenvalue weighted by Gasteiger charge is 2.21. The van der Waals surface area contributed by atoms with Crippen molar-refractivity contribution < 1.29 is 13.2 Å². The molecule has 6 nitrogen and oxygen atoms in total. The van der Waals surface area contributed by atoms with Crippen LogP contribution in [0.25, 0.3) is 0 Å². The normalized spacial score (nSPS) is 21.8. The fourth-order valence-corrected chi connectivity index (χ4v) is 4.99. The summed E-state index contributed by atoms with van der Waals surface area (Å²) in [7, 11) is -3.73. The average Bonchev–Trinajstić information content (AvgIpc) is 3.00. The van der Waals surface area contributed by atoms with Crippen LogP contribution in [0.15, 0.2) is 15.7 Å². The number of carbonyl (C=O) groups excluding carboxylic acids is 1. The maximum atomic E-state index is 11.9. The second-order valence-corrected chi connectivity index (χ2v) is 8.82. The molecule has 8 heteroatoms. The Hall–Kier alpha value is -1.12. The minimum absolute atomic E-state index is 0.107. The van der Waals surface area contributed by atoms with Gasteiger partial charge in [-0.25, -0.2) is 18.4 Å². The molecule has 2 unspecified atom stereocenters. The summed E-state index contributed by atoms with van der Waals surface area (Å²) in [6, 6.07) is 1.40. The molecule has 0 spiro atoms. The number of nitrogens with two attached hydrogens (primary N) is 1. The number of carbonyl (C=O) groups is 1. The molecule has 1 heterocycles. The SMILES string of the molecule is CCC1CCCC(CNC(=O)NCc2ccsc2S(N)(=O)=O)C1. The van der Waals surface area contributed by atoms with Crippen LogP contribution >= 0.6 is 11.3 Å². The Kier molecular flexibility index (Phi) is 6.43. The molecule has 4 N–H and O–H groups in total. The first-order valence-corrected chi connectivity index (χ1v) is 10.4. The largest absolute Gasteiger partial charge is 0.338 e. The van der Waals surface area contributed by atoms with Gasteiger partial charge < -0.3 is 10.6 Å². The zero-order valence-corrected chi connectivity index (χ0v) is 15.0. The molecule has 1 aliphatic rings. The molecule has 1 fully saturated rings. The second kappa shape index (κ2) is 8.12. The number of urea groups is 1. The number of sulfonamides is 1. The van der Waals surface area contributed by atoms with Gasteiger partial charge in [-0.2, -0.15) is 0 Å². The Morgan fingerprint density at radius 3 is 2.78 bits per heavy atom. The molecule has 130 valence electrons. The van der Waals surface area contributed by atoms with Gasteiger partial charge in [-0.3, -0.25) is 0 Å². The van der Waals surface area contributed by atoms with Gasteiger partial charge in [-0.1, -0.05) is 26.2 Å². The van der Waals surface area contributed by atoms with Gasteiger partial charge in [0.25, 0.3) is 0 Å². The lowest BCUT2D eigenvalue weighted by molar-refractivity contribution is 0.227. The van der Waals surface area contributed by atoms with Crippen LogP contribution in [0.2, 0.25) is 0 Å². The van der Waals surface area contributed by atoms with Crippen molar-refractivity contribution in [3.8, 4) is 0 Å². The van der Waals surface area contributed by atoms with Crippen molar-refractivity contribution in [3.63, 3.8) is 0 Å². The summed E-state index contributed by atoms with van der Waals surface area (Å²) in [4.78, 5) is 11.9. The lowest BCUT2D eigenvalue weighted by Gasteiger charge is -2.28. The number of hydrogen-bond donors (Lipinski definition) is 3. The van der Waals surface area contributed by atoms with Crippen molar-refractivity contribution in [2.75, 3.05) is 6.54 Å². The van der Waals surface area contributed by atoms with E-state index in [2.05, 4.69) is 17.6 Å². The Labute approximate surface area is 141 Å². The smallest absolute Gasteiger partial charge is 0.315 e. The summed E-state index contributed by atoms with van der Waals surface area (Å²) in [5.74, 6) is 1.32. The maximum Gasteiger partial charge on any atom is 0.315 e. The van der Waals surface area contributed by atoms with E-state index in [1.54, 1.807) is 11.4 Å². The molecule has 0 aromatic carbocycles. The zero-order chi connectivity index (χ0) is 16.9. The van der Waals surface area contributed by atoms with Crippen LogP contribution in [0.5, 0.6) is 0 Å². The number of rotatable bonds is 6. The third kappa shape index (κ3) is 5.47. The van der Waals surface area contributed by atoms with Crippen LogP contribution in [0, 0.1) is 11.8 Å². The highest BCUT2D eigenvalue weighted by Crippen LogP contribution is 2.30. The molecule has 1 saturated carbocycles. The molecule has 2 rings (SSSR count). The molecular formula is C15H25N3O3S2. The molecular weight excluding hydrogens is 334 g/mol. The van der Waals surface area contributed by atoms with E-state index >= 15 is 0 Å². The monoisotopic (exact) mass is 359 g/mol. The van der Waals surface area contributed by atoms with Gasteiger partial charge in [0, 0.05) is 18.7 Å². The Balaban J connectivity index is 1.77. The number of amides is 2. The molecule has 0 bridgehead atoms. The zero-order valence-electron chi connectivity index (χ0n) is 13.4. The van der Waals surface area contributed by atoms with Crippen molar-refractivity contribution in [2.24, 2.45) is 17.0 Å². The Morgan fingerprint density at radius 2 is 2.09 bits per heavy atom. The molecule has 1 aliphatic carbocycles. The number of thiophene rings is 1. The van der Waals surface area contributed by atoms with E-state index in [1.807, 2.05) is 0 Å². The third-order valence-electron chi connectivity index (χ3n) is 4.42. The molecule has 23 heavy (non-hydrogen) atoms. The van der Waals surface area contributed by atoms with E-state index in [0.717, 1.165) is 23.7 Å². The topological polar surface area (TPSA) is 101 Å². The first kappa shape index (κ1) is 18.2. The van der Waals surface area contributed by atoms with E-state index < -0.39 is 10.0 Å². The van der Waals surface area contributed by atoms with Crippen molar-refractivity contribution >= 4 is 27.4 Å². The Morgan fingerprint density at radius 1 is 1.35 bits per heavy atom. The molecule has 2 amide bonds. The highest BCUT2D eigenvalue weighted by molar-refractivity contribution is 7.91. The lowest BCUT2D eigenvalue weighted by Crippen LogP contribution is -2.39. The summed E-state index contributed by atoms with van der Waals surface area (Å²) >= 11 is 1.06. The first-order chi connectivity index (χ1) is 10.9. The molecule has 2 atom stereocenters. The van der Waals surface area contributed by atoms with Gasteiger partial charge in [0.15, 0.2) is 0 Å². The van der Waals surface area contributed by atoms with Crippen molar-refractivity contribution in [1.29, 1.82) is 0 Å². The van der Waals surface area contributed by atoms with Gasteiger partial charge in [0.2, 0.25) is 10.0 Å². The summed E-state index contributed by atoms with van der Waals surface area (Å²) < 4.78 is 22.9. The van der Waals surface area contributed by atoms with Crippen molar-refractivity contribution in [1.82, 2.24) is 10.6 Å². The van der Waals surface area contributed by atoms with Crippen molar-refractivity contribution in [3.05, 3.63) is 17.0 Å². The quantitative estimate of drug-likeness (QED) is 0.727. The van der Waals surface area contributed by atoms with Crippen molar-refractivity contribution in [2.45, 2.75) is 49.8 Å². The minimum Gasteiger partial charge on any atom is -0.338 e. The van der Waals surface area contributed by atoms with Gasteiger partial charge in [0.1, 0.15) is 4.21 Å². The summed E-state index contributed by atoms with van der Waals surface area (Å²) in [6.07, 6.45) is 6.08. The van der Waals surface area contributed by atoms with Crippen LogP contribution in [0.4, 0.5) is 4.79 Å². The maximum absolute atomic E-state index is 11.9. The standard InChI is InChI=1S/C15H25N3O3S2/c1-2-11-4-3-5-12(8-11)9-17-15(19)18-10-13-6-7-22-14(13)23(16,20)21/h6-7,11-12H,2-5,8-10H2,1H3,(H2,16,20,21)(H2,17,18,19). The summed E-state index contributed by atoms with van der Waals surface area (Å²) in [5, 5.41) is 12.4. The molecule has 0 saturated heterocycles. The van der Waals surface area contributed by atoms with Crippen LogP contribution < -0.4 is 15.8 Å². The average molecular weight is 360 g/mol. The Bertz CT molecular complexity index is 628. The van der Waals surface area contributed by atoms with Crippen LogP contribution in [0.3, 0.4) is 0 Å². The summed E-state index contributed by atoms with van der Waals surface area (Å²) in [5.41, 5.74) is 0.524. The molecule has 0 radical (unpaired) electrons. The second-order valence-electron chi connectivity index (χ2n) is 6.15. The summed E-state index contributed by atoms with van der Waals surface area (Å²) in [6.45, 7) is 3.05. The van der Waals surface area contributed by atoms with E-state index in [9.17, 15) is 13.2 Å². The van der Waals surface area contributed by atoms with Gasteiger partial charge in [0.05, 0.1) is 0 Å².